The standard InChI is InChI=1S/C19H29N3S/c1-4-6-10-22(11-7-5-2)18-17-15-9-8-14(3)12-16(15)23-19(17)21-13-20-18/h13-14H,4-12H2,1-3H3/t14-/m1/s1. The SMILES string of the molecule is CCCCN(CCCC)c1ncnc2sc3c(c12)CC[C@@H](C)C3. The molecule has 0 saturated heterocycles. The highest BCUT2D eigenvalue weighted by Gasteiger charge is 2.24. The minimum absolute atomic E-state index is 0.809. The van der Waals surface area contributed by atoms with E-state index < -0.39 is 0 Å². The van der Waals surface area contributed by atoms with Crippen LogP contribution in [0.15, 0.2) is 6.33 Å². The Bertz CT molecular complexity index is 641. The zero-order valence-corrected chi connectivity index (χ0v) is 15.6. The van der Waals surface area contributed by atoms with E-state index in [-0.39, 0.29) is 0 Å². The van der Waals surface area contributed by atoms with Crippen molar-refractivity contribution in [2.45, 2.75) is 65.7 Å². The van der Waals surface area contributed by atoms with Gasteiger partial charge in [-0.3, -0.25) is 0 Å². The normalized spacial score (nSPS) is 17.4. The van der Waals surface area contributed by atoms with Gasteiger partial charge in [0.15, 0.2) is 0 Å². The highest BCUT2D eigenvalue weighted by atomic mass is 32.1. The molecule has 0 fully saturated rings. The number of hydrogen-bond donors (Lipinski definition) is 0. The Labute approximate surface area is 144 Å². The van der Waals surface area contributed by atoms with E-state index >= 15 is 0 Å². The zero-order valence-electron chi connectivity index (χ0n) is 14.8. The van der Waals surface area contributed by atoms with Crippen molar-refractivity contribution in [1.29, 1.82) is 0 Å². The summed E-state index contributed by atoms with van der Waals surface area (Å²) in [5.74, 6) is 2.01. The van der Waals surface area contributed by atoms with Crippen LogP contribution in [-0.2, 0) is 12.8 Å². The van der Waals surface area contributed by atoms with Crippen molar-refractivity contribution in [1.82, 2.24) is 9.97 Å². The molecule has 0 N–H and O–H groups in total. The molecule has 0 aromatic carbocycles. The predicted octanol–water partition coefficient (Wildman–Crippen LogP) is 5.22. The van der Waals surface area contributed by atoms with Crippen LogP contribution < -0.4 is 4.90 Å². The Kier molecular flexibility index (Phi) is 5.52. The third kappa shape index (κ3) is 3.52. The van der Waals surface area contributed by atoms with Crippen LogP contribution in [0.1, 0.15) is 63.3 Å². The van der Waals surface area contributed by atoms with Gasteiger partial charge in [-0.05, 0) is 43.6 Å². The second-order valence-electron chi connectivity index (χ2n) is 6.92. The van der Waals surface area contributed by atoms with Crippen LogP contribution in [0.2, 0.25) is 0 Å². The first-order valence-electron chi connectivity index (χ1n) is 9.24. The largest absolute Gasteiger partial charge is 0.356 e. The topological polar surface area (TPSA) is 29.0 Å². The number of rotatable bonds is 7. The first-order chi connectivity index (χ1) is 11.2. The van der Waals surface area contributed by atoms with Gasteiger partial charge in [0.1, 0.15) is 17.0 Å². The average Bonchev–Trinajstić information content (AvgIpc) is 2.92. The molecule has 0 bridgehead atoms. The number of unbranched alkanes of at least 4 members (excludes halogenated alkanes) is 2. The summed E-state index contributed by atoms with van der Waals surface area (Å²) < 4.78 is 0. The van der Waals surface area contributed by atoms with Crippen molar-refractivity contribution >= 4 is 27.4 Å². The Morgan fingerprint density at radius 3 is 2.61 bits per heavy atom. The van der Waals surface area contributed by atoms with Crippen molar-refractivity contribution < 1.29 is 0 Å². The third-order valence-corrected chi connectivity index (χ3v) is 6.10. The molecule has 3 rings (SSSR count). The maximum atomic E-state index is 4.73. The van der Waals surface area contributed by atoms with E-state index in [1.54, 1.807) is 16.8 Å². The van der Waals surface area contributed by atoms with Crippen LogP contribution in [0.25, 0.3) is 10.2 Å². The van der Waals surface area contributed by atoms with E-state index in [0.717, 1.165) is 19.0 Å². The lowest BCUT2D eigenvalue weighted by atomic mass is 9.89. The van der Waals surface area contributed by atoms with Crippen molar-refractivity contribution in [3.05, 3.63) is 16.8 Å². The smallest absolute Gasteiger partial charge is 0.141 e. The maximum absolute atomic E-state index is 4.73. The van der Waals surface area contributed by atoms with E-state index in [1.807, 2.05) is 11.3 Å². The van der Waals surface area contributed by atoms with Crippen LogP contribution in [0, 0.1) is 5.92 Å². The van der Waals surface area contributed by atoms with Crippen molar-refractivity contribution in [2.75, 3.05) is 18.0 Å². The van der Waals surface area contributed by atoms with Crippen LogP contribution >= 0.6 is 11.3 Å². The van der Waals surface area contributed by atoms with Crippen LogP contribution in [0.3, 0.4) is 0 Å². The third-order valence-electron chi connectivity index (χ3n) is 4.93. The number of nitrogens with zero attached hydrogens (tertiary/aromatic N) is 3. The van der Waals surface area contributed by atoms with Crippen molar-refractivity contribution in [3.8, 4) is 0 Å². The fraction of sp³-hybridized carbons (Fsp3) is 0.684. The molecule has 1 aliphatic rings. The Morgan fingerprint density at radius 2 is 1.91 bits per heavy atom. The molecule has 0 spiro atoms. The Morgan fingerprint density at radius 1 is 1.17 bits per heavy atom. The van der Waals surface area contributed by atoms with Crippen LogP contribution in [0.4, 0.5) is 5.82 Å². The maximum Gasteiger partial charge on any atom is 0.141 e. The van der Waals surface area contributed by atoms with Gasteiger partial charge in [-0.1, -0.05) is 33.6 Å². The molecule has 0 radical (unpaired) electrons. The van der Waals surface area contributed by atoms with Gasteiger partial charge < -0.3 is 4.90 Å². The molecule has 0 unspecified atom stereocenters. The molecule has 126 valence electrons. The lowest BCUT2D eigenvalue weighted by Crippen LogP contribution is -2.27. The van der Waals surface area contributed by atoms with Gasteiger partial charge >= 0.3 is 0 Å². The first-order valence-corrected chi connectivity index (χ1v) is 10.1. The molecule has 0 aliphatic heterocycles. The van der Waals surface area contributed by atoms with E-state index in [4.69, 9.17) is 4.98 Å². The average molecular weight is 332 g/mol. The van der Waals surface area contributed by atoms with Gasteiger partial charge in [0.2, 0.25) is 0 Å². The number of aromatic nitrogens is 2. The summed E-state index contributed by atoms with van der Waals surface area (Å²) in [4.78, 5) is 14.6. The lowest BCUT2D eigenvalue weighted by Gasteiger charge is -2.25. The molecular weight excluding hydrogens is 302 g/mol. The highest BCUT2D eigenvalue weighted by molar-refractivity contribution is 7.19. The Balaban J connectivity index is 2.01. The number of hydrogen-bond acceptors (Lipinski definition) is 4. The van der Waals surface area contributed by atoms with E-state index in [1.165, 1.54) is 61.0 Å². The molecule has 0 saturated carbocycles. The minimum atomic E-state index is 0.809. The second-order valence-corrected chi connectivity index (χ2v) is 8.01. The summed E-state index contributed by atoms with van der Waals surface area (Å²) in [5.41, 5.74) is 1.55. The lowest BCUT2D eigenvalue weighted by molar-refractivity contribution is 0.509. The fourth-order valence-corrected chi connectivity index (χ4v) is 4.86. The number of anilines is 1. The van der Waals surface area contributed by atoms with Crippen molar-refractivity contribution in [3.63, 3.8) is 0 Å². The van der Waals surface area contributed by atoms with E-state index in [2.05, 4.69) is 30.7 Å². The predicted molar refractivity (Wildman–Crippen MR) is 101 cm³/mol. The number of fused-ring (bicyclic) bond motifs is 3. The second kappa shape index (κ2) is 7.61. The fourth-order valence-electron chi connectivity index (χ4n) is 3.52. The van der Waals surface area contributed by atoms with Gasteiger partial charge in [-0.2, -0.15) is 0 Å². The molecule has 3 nitrogen and oxygen atoms in total. The van der Waals surface area contributed by atoms with Gasteiger partial charge in [0.05, 0.1) is 5.39 Å². The van der Waals surface area contributed by atoms with Crippen LogP contribution in [0.5, 0.6) is 0 Å². The summed E-state index contributed by atoms with van der Waals surface area (Å²) >= 11 is 1.90. The number of thiophene rings is 1. The first kappa shape index (κ1) is 16.7. The van der Waals surface area contributed by atoms with Gasteiger partial charge in [-0.15, -0.1) is 11.3 Å². The van der Waals surface area contributed by atoms with Crippen LogP contribution in [-0.4, -0.2) is 23.1 Å². The van der Waals surface area contributed by atoms with Gasteiger partial charge in [0, 0.05) is 18.0 Å². The van der Waals surface area contributed by atoms with Gasteiger partial charge in [-0.25, -0.2) is 9.97 Å². The molecular formula is C19H29N3S. The summed E-state index contributed by atoms with van der Waals surface area (Å²) in [6.45, 7) is 9.13. The minimum Gasteiger partial charge on any atom is -0.356 e. The summed E-state index contributed by atoms with van der Waals surface area (Å²) in [6.07, 6.45) is 10.4. The number of aryl methyl sites for hydroxylation is 1. The molecule has 2 aromatic rings. The van der Waals surface area contributed by atoms with E-state index in [9.17, 15) is 0 Å². The van der Waals surface area contributed by atoms with Crippen molar-refractivity contribution in [2.24, 2.45) is 5.92 Å². The molecule has 1 atom stereocenters. The molecule has 23 heavy (non-hydrogen) atoms. The summed E-state index contributed by atoms with van der Waals surface area (Å²) in [5, 5.41) is 1.37. The van der Waals surface area contributed by atoms with Gasteiger partial charge in [0.25, 0.3) is 0 Å². The quantitative estimate of drug-likeness (QED) is 0.696. The highest BCUT2D eigenvalue weighted by Crippen LogP contribution is 2.40. The molecule has 4 heteroatoms. The molecule has 2 aromatic heterocycles. The zero-order chi connectivity index (χ0) is 16.2. The summed E-state index contributed by atoms with van der Waals surface area (Å²) in [7, 11) is 0. The van der Waals surface area contributed by atoms with E-state index in [0.29, 0.717) is 0 Å². The Hall–Kier alpha value is -1.16. The molecule has 1 aliphatic carbocycles. The monoisotopic (exact) mass is 331 g/mol. The molecule has 2 heterocycles. The summed E-state index contributed by atoms with van der Waals surface area (Å²) in [6, 6.07) is 0. The molecule has 0 amide bonds.